The molecule has 4 nitrogen and oxygen atoms in total. The van der Waals surface area contributed by atoms with Crippen molar-refractivity contribution < 1.29 is 4.74 Å². The van der Waals surface area contributed by atoms with Crippen molar-refractivity contribution in [2.24, 2.45) is 0 Å². The Balaban J connectivity index is 1.97. The first-order valence-corrected chi connectivity index (χ1v) is 6.53. The molecule has 1 fully saturated rings. The highest BCUT2D eigenvalue weighted by Crippen LogP contribution is 2.31. The summed E-state index contributed by atoms with van der Waals surface area (Å²) in [6.07, 6.45) is 2.11. The van der Waals surface area contributed by atoms with Gasteiger partial charge in [0.25, 0.3) is 0 Å². The first-order chi connectivity index (χ1) is 7.36. The molecule has 0 aliphatic carbocycles. The van der Waals surface area contributed by atoms with E-state index >= 15 is 0 Å². The number of nitrogens with two attached hydrogens (primary N) is 1. The third kappa shape index (κ3) is 1.54. The Labute approximate surface area is 93.2 Å². The van der Waals surface area contributed by atoms with Crippen LogP contribution in [0, 0.1) is 0 Å². The Morgan fingerprint density at radius 1 is 1.53 bits per heavy atom. The molecule has 0 radical (unpaired) electrons. The normalized spacial score (nSPS) is 25.5. The smallest absolute Gasteiger partial charge is 0.125 e. The van der Waals surface area contributed by atoms with Gasteiger partial charge in [0.05, 0.1) is 18.3 Å². The molecule has 2 aliphatic heterocycles. The number of hydrogen-bond donors (Lipinski definition) is 1. The molecule has 0 amide bonds. The lowest BCUT2D eigenvalue weighted by molar-refractivity contribution is 0.185. The van der Waals surface area contributed by atoms with Crippen LogP contribution in [0.3, 0.4) is 0 Å². The molecule has 1 saturated heterocycles. The molecule has 0 aromatic carbocycles. The minimum absolute atomic E-state index is 0.362. The first-order valence-electron chi connectivity index (χ1n) is 5.37. The SMILES string of the molecule is Nc1c2c(nn1C1CCOC1)CSCC2. The molecule has 3 rings (SSSR count). The summed E-state index contributed by atoms with van der Waals surface area (Å²) in [7, 11) is 0. The van der Waals surface area contributed by atoms with E-state index in [0.717, 1.165) is 37.6 Å². The van der Waals surface area contributed by atoms with E-state index in [1.165, 1.54) is 17.0 Å². The number of fused-ring (bicyclic) bond motifs is 1. The van der Waals surface area contributed by atoms with E-state index in [0.29, 0.717) is 6.04 Å². The van der Waals surface area contributed by atoms with Crippen LogP contribution in [-0.2, 0) is 16.9 Å². The van der Waals surface area contributed by atoms with E-state index in [-0.39, 0.29) is 0 Å². The topological polar surface area (TPSA) is 53.1 Å². The molecule has 0 saturated carbocycles. The molecule has 82 valence electrons. The number of thioether (sulfide) groups is 1. The highest BCUT2D eigenvalue weighted by Gasteiger charge is 2.25. The van der Waals surface area contributed by atoms with Gasteiger partial charge in [-0.15, -0.1) is 0 Å². The van der Waals surface area contributed by atoms with Gasteiger partial charge in [0.1, 0.15) is 5.82 Å². The van der Waals surface area contributed by atoms with Gasteiger partial charge >= 0.3 is 0 Å². The zero-order valence-electron chi connectivity index (χ0n) is 8.61. The van der Waals surface area contributed by atoms with Gasteiger partial charge in [0.15, 0.2) is 0 Å². The lowest BCUT2D eigenvalue weighted by Gasteiger charge is -2.10. The van der Waals surface area contributed by atoms with Crippen molar-refractivity contribution in [3.05, 3.63) is 11.3 Å². The van der Waals surface area contributed by atoms with Crippen molar-refractivity contribution in [2.75, 3.05) is 24.7 Å². The summed E-state index contributed by atoms with van der Waals surface area (Å²) >= 11 is 1.94. The standard InChI is InChI=1S/C10H15N3OS/c11-10-8-2-4-15-6-9(8)12-13(10)7-1-3-14-5-7/h7H,1-6,11H2. The van der Waals surface area contributed by atoms with E-state index in [9.17, 15) is 0 Å². The second-order valence-electron chi connectivity index (χ2n) is 4.08. The van der Waals surface area contributed by atoms with Crippen molar-refractivity contribution in [2.45, 2.75) is 24.6 Å². The van der Waals surface area contributed by atoms with Crippen LogP contribution in [-0.4, -0.2) is 28.7 Å². The monoisotopic (exact) mass is 225 g/mol. The number of nitrogen functional groups attached to an aromatic ring is 1. The number of rotatable bonds is 1. The second-order valence-corrected chi connectivity index (χ2v) is 5.18. The highest BCUT2D eigenvalue weighted by molar-refractivity contribution is 7.98. The number of anilines is 1. The lowest BCUT2D eigenvalue weighted by Crippen LogP contribution is -2.13. The van der Waals surface area contributed by atoms with Crippen molar-refractivity contribution in [3.8, 4) is 0 Å². The predicted octanol–water partition coefficient (Wildman–Crippen LogP) is 1.22. The summed E-state index contributed by atoms with van der Waals surface area (Å²) in [4.78, 5) is 0. The van der Waals surface area contributed by atoms with Gasteiger partial charge in [-0.25, -0.2) is 4.68 Å². The van der Waals surface area contributed by atoms with Crippen molar-refractivity contribution in [1.29, 1.82) is 0 Å². The lowest BCUT2D eigenvalue weighted by atomic mass is 10.2. The van der Waals surface area contributed by atoms with E-state index in [4.69, 9.17) is 10.5 Å². The van der Waals surface area contributed by atoms with Gasteiger partial charge in [-0.2, -0.15) is 16.9 Å². The average Bonchev–Trinajstić information content (AvgIpc) is 2.87. The van der Waals surface area contributed by atoms with Crippen LogP contribution in [0.5, 0.6) is 0 Å². The fourth-order valence-corrected chi connectivity index (χ4v) is 3.17. The Bertz CT molecular complexity index is 371. The molecular formula is C10H15N3OS. The summed E-state index contributed by atoms with van der Waals surface area (Å²) < 4.78 is 7.37. The van der Waals surface area contributed by atoms with Crippen molar-refractivity contribution in [1.82, 2.24) is 9.78 Å². The molecule has 3 heterocycles. The molecule has 1 atom stereocenters. The highest BCUT2D eigenvalue weighted by atomic mass is 32.2. The largest absolute Gasteiger partial charge is 0.384 e. The number of ether oxygens (including phenoxy) is 1. The third-order valence-electron chi connectivity index (χ3n) is 3.12. The van der Waals surface area contributed by atoms with Gasteiger partial charge < -0.3 is 10.5 Å². The van der Waals surface area contributed by atoms with E-state index in [2.05, 4.69) is 5.10 Å². The second kappa shape index (κ2) is 3.72. The van der Waals surface area contributed by atoms with Crippen LogP contribution in [0.25, 0.3) is 0 Å². The quantitative estimate of drug-likeness (QED) is 0.780. The van der Waals surface area contributed by atoms with Crippen LogP contribution in [0.1, 0.15) is 23.7 Å². The number of aromatic nitrogens is 2. The van der Waals surface area contributed by atoms with Gasteiger partial charge in [-0.1, -0.05) is 0 Å². The Hall–Kier alpha value is -0.680. The molecule has 15 heavy (non-hydrogen) atoms. The van der Waals surface area contributed by atoms with Gasteiger partial charge in [-0.05, 0) is 18.6 Å². The van der Waals surface area contributed by atoms with Crippen molar-refractivity contribution >= 4 is 17.6 Å². The Morgan fingerprint density at radius 2 is 2.47 bits per heavy atom. The zero-order chi connectivity index (χ0) is 10.3. The molecular weight excluding hydrogens is 210 g/mol. The fourth-order valence-electron chi connectivity index (χ4n) is 2.26. The van der Waals surface area contributed by atoms with Crippen LogP contribution in [0.15, 0.2) is 0 Å². The number of hydrogen-bond acceptors (Lipinski definition) is 4. The third-order valence-corrected chi connectivity index (χ3v) is 4.09. The van der Waals surface area contributed by atoms with Crippen LogP contribution in [0.2, 0.25) is 0 Å². The minimum Gasteiger partial charge on any atom is -0.384 e. The summed E-state index contributed by atoms with van der Waals surface area (Å²) in [5, 5.41) is 4.62. The predicted molar refractivity (Wildman–Crippen MR) is 61.0 cm³/mol. The summed E-state index contributed by atoms with van der Waals surface area (Å²) in [6, 6.07) is 0.362. The molecule has 1 unspecified atom stereocenters. The van der Waals surface area contributed by atoms with Crippen LogP contribution >= 0.6 is 11.8 Å². The summed E-state index contributed by atoms with van der Waals surface area (Å²) in [5.74, 6) is 3.06. The fraction of sp³-hybridized carbons (Fsp3) is 0.700. The van der Waals surface area contributed by atoms with E-state index in [1.807, 2.05) is 16.4 Å². The maximum atomic E-state index is 6.14. The average molecular weight is 225 g/mol. The van der Waals surface area contributed by atoms with Crippen LogP contribution in [0.4, 0.5) is 5.82 Å². The maximum absolute atomic E-state index is 6.14. The molecule has 2 aliphatic rings. The van der Waals surface area contributed by atoms with Crippen molar-refractivity contribution in [3.63, 3.8) is 0 Å². The molecule has 1 aromatic rings. The number of nitrogens with zero attached hydrogens (tertiary/aromatic N) is 2. The van der Waals surface area contributed by atoms with E-state index in [1.54, 1.807) is 0 Å². The van der Waals surface area contributed by atoms with Gasteiger partial charge in [-0.3, -0.25) is 0 Å². The Kier molecular flexibility index (Phi) is 2.36. The molecule has 2 N–H and O–H groups in total. The van der Waals surface area contributed by atoms with Gasteiger partial charge in [0.2, 0.25) is 0 Å². The van der Waals surface area contributed by atoms with Crippen LogP contribution < -0.4 is 5.73 Å². The molecule has 1 aromatic heterocycles. The van der Waals surface area contributed by atoms with E-state index < -0.39 is 0 Å². The maximum Gasteiger partial charge on any atom is 0.125 e. The Morgan fingerprint density at radius 3 is 3.20 bits per heavy atom. The first kappa shape index (κ1) is 9.54. The summed E-state index contributed by atoms with van der Waals surface area (Å²) in [5.41, 5.74) is 8.61. The molecule has 5 heteroatoms. The summed E-state index contributed by atoms with van der Waals surface area (Å²) in [6.45, 7) is 1.60. The zero-order valence-corrected chi connectivity index (χ0v) is 9.42. The molecule has 0 bridgehead atoms. The molecule has 0 spiro atoms. The minimum atomic E-state index is 0.362. The van der Waals surface area contributed by atoms with Gasteiger partial charge in [0, 0.05) is 17.9 Å².